The summed E-state index contributed by atoms with van der Waals surface area (Å²) >= 11 is 9.72. The predicted molar refractivity (Wildman–Crippen MR) is 88.0 cm³/mol. The average Bonchev–Trinajstić information content (AvgIpc) is 2.04. The van der Waals surface area contributed by atoms with Gasteiger partial charge in [0.1, 0.15) is 0 Å². The zero-order valence-electron chi connectivity index (χ0n) is 5.98. The van der Waals surface area contributed by atoms with Gasteiger partial charge in [0.05, 0.1) is 3.86 Å². The lowest BCUT2D eigenvalue weighted by molar-refractivity contribution is 1.37. The third kappa shape index (κ3) is 3.71. The van der Waals surface area contributed by atoms with Gasteiger partial charge in [-0.1, -0.05) is 115 Å². The molecular formula is C8H6I4. The van der Waals surface area contributed by atoms with Crippen LogP contribution in [-0.4, -0.2) is 0 Å². The van der Waals surface area contributed by atoms with Crippen LogP contribution in [0.1, 0.15) is 15.0 Å². The van der Waals surface area contributed by atoms with Crippen LogP contribution in [0.4, 0.5) is 0 Å². The average molecular weight is 610 g/mol. The Kier molecular flexibility index (Phi) is 5.99. The Balaban J connectivity index is 2.96. The van der Waals surface area contributed by atoms with Gasteiger partial charge in [-0.15, -0.1) is 0 Å². The van der Waals surface area contributed by atoms with Gasteiger partial charge in [0.15, 0.2) is 0 Å². The number of hydrogen-bond acceptors (Lipinski definition) is 0. The monoisotopic (exact) mass is 610 g/mol. The molecule has 12 heavy (non-hydrogen) atoms. The first-order valence-corrected chi connectivity index (χ1v) is 8.25. The van der Waals surface area contributed by atoms with Crippen molar-refractivity contribution >= 4 is 90.4 Å². The second-order valence-corrected chi connectivity index (χ2v) is 12.0. The van der Waals surface area contributed by atoms with Crippen LogP contribution in [-0.2, 0) is 0 Å². The molecule has 1 aromatic rings. The quantitative estimate of drug-likeness (QED) is 0.310. The van der Waals surface area contributed by atoms with Gasteiger partial charge in [0, 0.05) is 0 Å². The summed E-state index contributed by atoms with van der Waals surface area (Å²) in [6, 6.07) is 8.79. The lowest BCUT2D eigenvalue weighted by atomic mass is 10.2. The van der Waals surface area contributed by atoms with Crippen LogP contribution < -0.4 is 0 Å². The number of benzene rings is 1. The van der Waals surface area contributed by atoms with Gasteiger partial charge in [-0.25, -0.2) is 0 Å². The van der Waals surface area contributed by atoms with Gasteiger partial charge in [-0.05, 0) is 11.1 Å². The predicted octanol–water partition coefficient (Wildman–Crippen LogP) is 5.42. The summed E-state index contributed by atoms with van der Waals surface area (Å²) in [7, 11) is 0. The zero-order valence-corrected chi connectivity index (χ0v) is 14.6. The fraction of sp³-hybridized carbons (Fsp3) is 0.250. The largest absolute Gasteiger partial charge is 0.0875 e. The fourth-order valence-corrected chi connectivity index (χ4v) is 2.38. The molecule has 0 radical (unpaired) electrons. The van der Waals surface area contributed by atoms with Crippen molar-refractivity contribution in [2.75, 3.05) is 0 Å². The summed E-state index contributed by atoms with van der Waals surface area (Å²) in [5, 5.41) is 0. The molecule has 0 atom stereocenters. The first-order valence-electron chi connectivity index (χ1n) is 3.27. The van der Waals surface area contributed by atoms with Crippen LogP contribution >= 0.6 is 90.4 Å². The molecule has 0 heterocycles. The van der Waals surface area contributed by atoms with Crippen molar-refractivity contribution in [3.63, 3.8) is 0 Å². The molecule has 0 saturated carbocycles. The van der Waals surface area contributed by atoms with E-state index in [0.29, 0.717) is 3.86 Å². The Labute approximate surface area is 127 Å². The van der Waals surface area contributed by atoms with Gasteiger partial charge >= 0.3 is 0 Å². The highest BCUT2D eigenvalue weighted by Crippen LogP contribution is 2.35. The molecule has 0 spiro atoms. The van der Waals surface area contributed by atoms with Crippen molar-refractivity contribution in [3.8, 4) is 0 Å². The smallest absolute Gasteiger partial charge is 0.0657 e. The summed E-state index contributed by atoms with van der Waals surface area (Å²) in [6.07, 6.45) is 0. The van der Waals surface area contributed by atoms with E-state index in [1.54, 1.807) is 0 Å². The molecule has 0 aromatic heterocycles. The maximum atomic E-state index is 2.43. The van der Waals surface area contributed by atoms with E-state index in [1.165, 1.54) is 11.1 Å². The molecule has 0 bridgehead atoms. The first kappa shape index (κ1) is 12.2. The van der Waals surface area contributed by atoms with E-state index >= 15 is 0 Å². The van der Waals surface area contributed by atoms with E-state index in [4.69, 9.17) is 0 Å². The SMILES string of the molecule is IC(I)c1cccc(C(I)I)c1. The number of alkyl halides is 4. The first-order chi connectivity index (χ1) is 5.61. The summed E-state index contributed by atoms with van der Waals surface area (Å²) < 4.78 is 1.15. The zero-order chi connectivity index (χ0) is 9.14. The van der Waals surface area contributed by atoms with Crippen molar-refractivity contribution in [2.45, 2.75) is 3.86 Å². The third-order valence-electron chi connectivity index (χ3n) is 1.41. The maximum absolute atomic E-state index is 2.43. The van der Waals surface area contributed by atoms with Crippen LogP contribution in [0.15, 0.2) is 24.3 Å². The van der Waals surface area contributed by atoms with Crippen molar-refractivity contribution in [1.29, 1.82) is 0 Å². The van der Waals surface area contributed by atoms with E-state index in [-0.39, 0.29) is 0 Å². The van der Waals surface area contributed by atoms with Gasteiger partial charge in [0.25, 0.3) is 0 Å². The molecule has 0 aliphatic heterocycles. The molecule has 0 fully saturated rings. The fourth-order valence-electron chi connectivity index (χ4n) is 0.830. The van der Waals surface area contributed by atoms with E-state index in [9.17, 15) is 0 Å². The minimum atomic E-state index is 0.576. The Morgan fingerprint density at radius 1 is 0.833 bits per heavy atom. The molecule has 0 saturated heterocycles. The highest BCUT2D eigenvalue weighted by molar-refractivity contribution is 14.2. The lowest BCUT2D eigenvalue weighted by Gasteiger charge is -2.06. The molecule has 0 unspecified atom stereocenters. The summed E-state index contributed by atoms with van der Waals surface area (Å²) in [4.78, 5) is 0. The molecule has 1 aromatic carbocycles. The Morgan fingerprint density at radius 3 is 1.58 bits per heavy atom. The topological polar surface area (TPSA) is 0 Å². The molecule has 1 rings (SSSR count). The number of hydrogen-bond donors (Lipinski definition) is 0. The molecule has 4 heteroatoms. The Morgan fingerprint density at radius 2 is 1.25 bits per heavy atom. The number of rotatable bonds is 2. The van der Waals surface area contributed by atoms with Crippen molar-refractivity contribution in [2.24, 2.45) is 0 Å². The van der Waals surface area contributed by atoms with Gasteiger partial charge in [0.2, 0.25) is 0 Å². The van der Waals surface area contributed by atoms with Gasteiger partial charge in [-0.3, -0.25) is 0 Å². The Bertz CT molecular complexity index is 234. The van der Waals surface area contributed by atoms with Crippen molar-refractivity contribution < 1.29 is 0 Å². The van der Waals surface area contributed by atoms with Crippen LogP contribution in [0.25, 0.3) is 0 Å². The number of halogens is 4. The molecule has 66 valence electrons. The molecule has 0 N–H and O–H groups in total. The van der Waals surface area contributed by atoms with E-state index in [0.717, 1.165) is 0 Å². The van der Waals surface area contributed by atoms with E-state index in [1.807, 2.05) is 0 Å². The van der Waals surface area contributed by atoms with Crippen LogP contribution in [0.3, 0.4) is 0 Å². The van der Waals surface area contributed by atoms with Crippen LogP contribution in [0.2, 0.25) is 0 Å². The summed E-state index contributed by atoms with van der Waals surface area (Å²) in [5.41, 5.74) is 2.82. The standard InChI is InChI=1S/C8H6I4/c9-7(10)5-2-1-3-6(4-5)8(11)12/h1-4,7-8H. The molecule has 0 aliphatic carbocycles. The summed E-state index contributed by atoms with van der Waals surface area (Å²) in [5.74, 6) is 0. The summed E-state index contributed by atoms with van der Waals surface area (Å²) in [6.45, 7) is 0. The molecular weight excluding hydrogens is 604 g/mol. The highest BCUT2D eigenvalue weighted by Gasteiger charge is 2.06. The molecule has 0 aliphatic rings. The minimum absolute atomic E-state index is 0.576. The minimum Gasteiger partial charge on any atom is -0.0657 e. The second-order valence-electron chi connectivity index (χ2n) is 2.27. The van der Waals surface area contributed by atoms with Gasteiger partial charge in [-0.2, -0.15) is 0 Å². The van der Waals surface area contributed by atoms with Gasteiger partial charge < -0.3 is 0 Å². The molecule has 0 nitrogen and oxygen atoms in total. The maximum Gasteiger partial charge on any atom is 0.0875 e. The molecule has 0 amide bonds. The second kappa shape index (κ2) is 5.89. The normalized spacial score (nSPS) is 11.2. The van der Waals surface area contributed by atoms with Crippen molar-refractivity contribution in [3.05, 3.63) is 35.4 Å². The van der Waals surface area contributed by atoms with E-state index < -0.39 is 0 Å². The van der Waals surface area contributed by atoms with Crippen LogP contribution in [0, 0.1) is 0 Å². The Hall–Kier alpha value is 2.14. The third-order valence-corrected chi connectivity index (χ3v) is 4.29. The highest BCUT2D eigenvalue weighted by atomic mass is 127. The van der Waals surface area contributed by atoms with Crippen LogP contribution in [0.5, 0.6) is 0 Å². The van der Waals surface area contributed by atoms with E-state index in [2.05, 4.69) is 115 Å². The van der Waals surface area contributed by atoms with Crippen molar-refractivity contribution in [1.82, 2.24) is 0 Å². The lowest BCUT2D eigenvalue weighted by Crippen LogP contribution is -1.84.